The molecular formula is C16H18FN3O. The Kier molecular flexibility index (Phi) is 4.42. The Bertz CT molecular complexity index is 630. The lowest BCUT2D eigenvalue weighted by Gasteiger charge is -2.10. The van der Waals surface area contributed by atoms with Gasteiger partial charge in [-0.15, -0.1) is 0 Å². The van der Waals surface area contributed by atoms with E-state index in [1.807, 2.05) is 0 Å². The lowest BCUT2D eigenvalue weighted by molar-refractivity contribution is 0.251. The second-order valence-corrected chi connectivity index (χ2v) is 4.97. The van der Waals surface area contributed by atoms with Crippen LogP contribution in [0.4, 0.5) is 20.6 Å². The van der Waals surface area contributed by atoms with Crippen LogP contribution in [0.3, 0.4) is 0 Å². The molecule has 0 spiro atoms. The predicted molar refractivity (Wildman–Crippen MR) is 82.6 cm³/mol. The Balaban J connectivity index is 1.93. The SMILES string of the molecule is Cc1cc(CNC(=O)Nc2ccc(N)cc2)cc(C)c1F. The summed E-state index contributed by atoms with van der Waals surface area (Å²) in [6, 6.07) is 10.0. The lowest BCUT2D eigenvalue weighted by Crippen LogP contribution is -2.28. The standard InChI is InChI=1S/C16H18FN3O/c1-10-7-12(8-11(2)15(10)17)9-19-16(21)20-14-5-3-13(18)4-6-14/h3-8H,9,18H2,1-2H3,(H2,19,20,21). The summed E-state index contributed by atoms with van der Waals surface area (Å²) in [5.74, 6) is -0.204. The zero-order chi connectivity index (χ0) is 15.4. The Morgan fingerprint density at radius 1 is 1.14 bits per heavy atom. The third kappa shape index (κ3) is 3.95. The summed E-state index contributed by atoms with van der Waals surface area (Å²) in [4.78, 5) is 11.8. The van der Waals surface area contributed by atoms with E-state index in [4.69, 9.17) is 5.73 Å². The molecule has 0 fully saturated rings. The Morgan fingerprint density at radius 3 is 2.29 bits per heavy atom. The molecule has 0 aromatic heterocycles. The molecule has 0 aliphatic carbocycles. The van der Waals surface area contributed by atoms with E-state index in [1.54, 1.807) is 50.2 Å². The molecule has 2 amide bonds. The molecule has 0 saturated heterocycles. The number of anilines is 2. The van der Waals surface area contributed by atoms with Crippen molar-refractivity contribution < 1.29 is 9.18 Å². The van der Waals surface area contributed by atoms with Crippen molar-refractivity contribution in [1.82, 2.24) is 5.32 Å². The van der Waals surface area contributed by atoms with Gasteiger partial charge in [0.25, 0.3) is 0 Å². The maximum atomic E-state index is 13.5. The number of aryl methyl sites for hydroxylation is 2. The molecule has 21 heavy (non-hydrogen) atoms. The maximum Gasteiger partial charge on any atom is 0.319 e. The first-order chi connectivity index (χ1) is 9.95. The molecule has 0 unspecified atom stereocenters. The number of hydrogen-bond acceptors (Lipinski definition) is 2. The van der Waals surface area contributed by atoms with Gasteiger partial charge >= 0.3 is 6.03 Å². The lowest BCUT2D eigenvalue weighted by atomic mass is 10.1. The number of amides is 2. The van der Waals surface area contributed by atoms with Gasteiger partial charge in [0.1, 0.15) is 5.82 Å². The van der Waals surface area contributed by atoms with Gasteiger partial charge in [-0.2, -0.15) is 0 Å². The number of carbonyl (C=O) groups excluding carboxylic acids is 1. The highest BCUT2D eigenvalue weighted by molar-refractivity contribution is 5.89. The Morgan fingerprint density at radius 2 is 1.71 bits per heavy atom. The van der Waals surface area contributed by atoms with Gasteiger partial charge in [0.2, 0.25) is 0 Å². The van der Waals surface area contributed by atoms with Gasteiger partial charge < -0.3 is 16.4 Å². The predicted octanol–water partition coefficient (Wildman–Crippen LogP) is 3.35. The van der Waals surface area contributed by atoms with E-state index in [0.717, 1.165) is 5.56 Å². The van der Waals surface area contributed by atoms with E-state index < -0.39 is 0 Å². The van der Waals surface area contributed by atoms with E-state index in [2.05, 4.69) is 10.6 Å². The average Bonchev–Trinajstić information content (AvgIpc) is 2.45. The molecule has 0 saturated carbocycles. The van der Waals surface area contributed by atoms with Crippen molar-refractivity contribution in [2.45, 2.75) is 20.4 Å². The number of nitrogens with one attached hydrogen (secondary N) is 2. The van der Waals surface area contributed by atoms with Crippen molar-refractivity contribution in [2.24, 2.45) is 0 Å². The first-order valence-electron chi connectivity index (χ1n) is 6.61. The van der Waals surface area contributed by atoms with Gasteiger partial charge in [-0.3, -0.25) is 0 Å². The number of carbonyl (C=O) groups is 1. The van der Waals surface area contributed by atoms with Crippen molar-refractivity contribution in [3.8, 4) is 0 Å². The quantitative estimate of drug-likeness (QED) is 0.758. The van der Waals surface area contributed by atoms with Crippen LogP contribution >= 0.6 is 0 Å². The second kappa shape index (κ2) is 6.26. The van der Waals surface area contributed by atoms with Crippen molar-refractivity contribution in [3.05, 3.63) is 58.9 Å². The number of hydrogen-bond donors (Lipinski definition) is 3. The summed E-state index contributed by atoms with van der Waals surface area (Å²) < 4.78 is 13.5. The summed E-state index contributed by atoms with van der Waals surface area (Å²) in [5.41, 5.74) is 8.88. The first-order valence-corrected chi connectivity index (χ1v) is 6.61. The Hall–Kier alpha value is -2.56. The average molecular weight is 287 g/mol. The second-order valence-electron chi connectivity index (χ2n) is 4.97. The van der Waals surface area contributed by atoms with E-state index in [-0.39, 0.29) is 11.8 Å². The van der Waals surface area contributed by atoms with Crippen LogP contribution in [0.5, 0.6) is 0 Å². The fourth-order valence-corrected chi connectivity index (χ4v) is 2.06. The van der Waals surface area contributed by atoms with Crippen LogP contribution in [0.2, 0.25) is 0 Å². The Labute approximate surface area is 123 Å². The summed E-state index contributed by atoms with van der Waals surface area (Å²) in [7, 11) is 0. The highest BCUT2D eigenvalue weighted by atomic mass is 19.1. The third-order valence-corrected chi connectivity index (χ3v) is 3.12. The van der Waals surface area contributed by atoms with Crippen molar-refractivity contribution in [3.63, 3.8) is 0 Å². The molecule has 2 aromatic carbocycles. The molecule has 5 heteroatoms. The van der Waals surface area contributed by atoms with Crippen LogP contribution in [0.25, 0.3) is 0 Å². The van der Waals surface area contributed by atoms with Crippen LogP contribution in [-0.4, -0.2) is 6.03 Å². The molecule has 4 N–H and O–H groups in total. The highest BCUT2D eigenvalue weighted by Crippen LogP contribution is 2.15. The van der Waals surface area contributed by atoms with Crippen LogP contribution in [-0.2, 0) is 6.54 Å². The summed E-state index contributed by atoms with van der Waals surface area (Å²) >= 11 is 0. The number of halogens is 1. The molecule has 0 radical (unpaired) electrons. The van der Waals surface area contributed by atoms with Crippen LogP contribution in [0.15, 0.2) is 36.4 Å². The largest absolute Gasteiger partial charge is 0.399 e. The molecule has 0 aliphatic heterocycles. The molecule has 110 valence electrons. The van der Waals surface area contributed by atoms with Crippen LogP contribution in [0.1, 0.15) is 16.7 Å². The fraction of sp³-hybridized carbons (Fsp3) is 0.188. The normalized spacial score (nSPS) is 10.2. The molecule has 2 aromatic rings. The molecule has 0 bridgehead atoms. The van der Waals surface area contributed by atoms with E-state index in [0.29, 0.717) is 29.0 Å². The fourth-order valence-electron chi connectivity index (χ4n) is 2.06. The molecule has 0 heterocycles. The summed E-state index contributed by atoms with van der Waals surface area (Å²) in [5, 5.41) is 5.43. The number of nitrogen functional groups attached to an aromatic ring is 1. The number of benzene rings is 2. The molecule has 4 nitrogen and oxygen atoms in total. The van der Waals surface area contributed by atoms with Crippen molar-refractivity contribution in [1.29, 1.82) is 0 Å². The summed E-state index contributed by atoms with van der Waals surface area (Å²) in [6.07, 6.45) is 0. The van der Waals surface area contributed by atoms with Gasteiger partial charge in [0, 0.05) is 17.9 Å². The number of urea groups is 1. The number of rotatable bonds is 3. The smallest absolute Gasteiger partial charge is 0.319 e. The highest BCUT2D eigenvalue weighted by Gasteiger charge is 2.06. The van der Waals surface area contributed by atoms with Crippen molar-refractivity contribution in [2.75, 3.05) is 11.1 Å². The van der Waals surface area contributed by atoms with Crippen molar-refractivity contribution >= 4 is 17.4 Å². The van der Waals surface area contributed by atoms with E-state index >= 15 is 0 Å². The van der Waals surface area contributed by atoms with Crippen LogP contribution in [0, 0.1) is 19.7 Å². The van der Waals surface area contributed by atoms with Gasteiger partial charge in [-0.1, -0.05) is 12.1 Å². The van der Waals surface area contributed by atoms with Gasteiger partial charge in [0.05, 0.1) is 0 Å². The van der Waals surface area contributed by atoms with Crippen LogP contribution < -0.4 is 16.4 Å². The van der Waals surface area contributed by atoms with E-state index in [9.17, 15) is 9.18 Å². The minimum absolute atomic E-state index is 0.204. The number of nitrogens with two attached hydrogens (primary N) is 1. The molecule has 0 aliphatic rings. The molecule has 2 rings (SSSR count). The monoisotopic (exact) mass is 287 g/mol. The topological polar surface area (TPSA) is 67.2 Å². The molecule has 0 atom stereocenters. The summed E-state index contributed by atoms with van der Waals surface area (Å²) in [6.45, 7) is 3.75. The van der Waals surface area contributed by atoms with Gasteiger partial charge in [-0.05, 0) is 54.8 Å². The van der Waals surface area contributed by atoms with E-state index in [1.165, 1.54) is 0 Å². The minimum Gasteiger partial charge on any atom is -0.399 e. The van der Waals surface area contributed by atoms with Gasteiger partial charge in [0.15, 0.2) is 0 Å². The zero-order valence-corrected chi connectivity index (χ0v) is 12.0. The zero-order valence-electron chi connectivity index (χ0n) is 12.0. The van der Waals surface area contributed by atoms with Gasteiger partial charge in [-0.25, -0.2) is 9.18 Å². The molecular weight excluding hydrogens is 269 g/mol. The first kappa shape index (κ1) is 14.8. The maximum absolute atomic E-state index is 13.5. The third-order valence-electron chi connectivity index (χ3n) is 3.12. The minimum atomic E-state index is -0.320.